The van der Waals surface area contributed by atoms with Crippen molar-refractivity contribution >= 4 is 0 Å². The lowest BCUT2D eigenvalue weighted by Gasteiger charge is -2.26. The zero-order valence-corrected chi connectivity index (χ0v) is 7.77. The van der Waals surface area contributed by atoms with Crippen LogP contribution in [0.25, 0.3) is 0 Å². The maximum absolute atomic E-state index is 9.48. The smallest absolute Gasteiger partial charge is 0.0924 e. The van der Waals surface area contributed by atoms with Crippen molar-refractivity contribution in [2.24, 2.45) is 17.4 Å². The maximum atomic E-state index is 9.48. The monoisotopic (exact) mass is 176 g/mol. The highest BCUT2D eigenvalue weighted by Gasteiger charge is 2.25. The SMILES string of the molecule is CCC(N)[C@@H](C)C(O)C(O)CN. The lowest BCUT2D eigenvalue weighted by atomic mass is 9.91. The molecule has 4 nitrogen and oxygen atoms in total. The molecule has 0 saturated carbocycles. The number of hydrogen-bond donors (Lipinski definition) is 4. The van der Waals surface area contributed by atoms with Gasteiger partial charge in [-0.05, 0) is 12.3 Å². The Morgan fingerprint density at radius 2 is 1.83 bits per heavy atom. The predicted octanol–water partition coefficient (Wildman–Crippen LogP) is -0.960. The van der Waals surface area contributed by atoms with Crippen molar-refractivity contribution in [3.63, 3.8) is 0 Å². The average molecular weight is 176 g/mol. The van der Waals surface area contributed by atoms with E-state index in [1.54, 1.807) is 0 Å². The van der Waals surface area contributed by atoms with Crippen LogP contribution in [-0.4, -0.2) is 35.0 Å². The fourth-order valence-corrected chi connectivity index (χ4v) is 1.11. The molecule has 74 valence electrons. The van der Waals surface area contributed by atoms with Crippen LogP contribution in [0.5, 0.6) is 0 Å². The molecule has 6 N–H and O–H groups in total. The van der Waals surface area contributed by atoms with Crippen LogP contribution in [0.2, 0.25) is 0 Å². The van der Waals surface area contributed by atoms with Crippen LogP contribution in [0.4, 0.5) is 0 Å². The first kappa shape index (κ1) is 11.8. The Hall–Kier alpha value is -0.160. The fraction of sp³-hybridized carbons (Fsp3) is 1.00. The van der Waals surface area contributed by atoms with Gasteiger partial charge >= 0.3 is 0 Å². The summed E-state index contributed by atoms with van der Waals surface area (Å²) in [4.78, 5) is 0. The van der Waals surface area contributed by atoms with Crippen molar-refractivity contribution < 1.29 is 10.2 Å². The van der Waals surface area contributed by atoms with Gasteiger partial charge in [0.05, 0.1) is 12.2 Å². The molecule has 0 radical (unpaired) electrons. The molecule has 0 aliphatic heterocycles. The van der Waals surface area contributed by atoms with Gasteiger partial charge < -0.3 is 21.7 Å². The second kappa shape index (κ2) is 5.48. The summed E-state index contributed by atoms with van der Waals surface area (Å²) in [6, 6.07) is -0.0822. The minimum Gasteiger partial charge on any atom is -0.390 e. The van der Waals surface area contributed by atoms with Gasteiger partial charge in [0.2, 0.25) is 0 Å². The van der Waals surface area contributed by atoms with E-state index in [2.05, 4.69) is 0 Å². The van der Waals surface area contributed by atoms with Crippen LogP contribution in [-0.2, 0) is 0 Å². The lowest BCUT2D eigenvalue weighted by molar-refractivity contribution is -0.0141. The number of rotatable bonds is 5. The van der Waals surface area contributed by atoms with Gasteiger partial charge in [0.1, 0.15) is 0 Å². The molecular weight excluding hydrogens is 156 g/mol. The lowest BCUT2D eigenvalue weighted by Crippen LogP contribution is -2.44. The van der Waals surface area contributed by atoms with Crippen LogP contribution in [0, 0.1) is 5.92 Å². The summed E-state index contributed by atoms with van der Waals surface area (Å²) in [5.41, 5.74) is 10.9. The number of aliphatic hydroxyl groups is 2. The van der Waals surface area contributed by atoms with E-state index in [1.165, 1.54) is 0 Å². The van der Waals surface area contributed by atoms with Crippen molar-refractivity contribution in [2.75, 3.05) is 6.54 Å². The van der Waals surface area contributed by atoms with Crippen molar-refractivity contribution in [2.45, 2.75) is 38.5 Å². The third-order valence-corrected chi connectivity index (χ3v) is 2.32. The van der Waals surface area contributed by atoms with E-state index < -0.39 is 12.2 Å². The Kier molecular flexibility index (Phi) is 5.41. The largest absolute Gasteiger partial charge is 0.390 e. The van der Waals surface area contributed by atoms with Crippen molar-refractivity contribution in [3.05, 3.63) is 0 Å². The van der Waals surface area contributed by atoms with Crippen molar-refractivity contribution in [1.29, 1.82) is 0 Å². The zero-order chi connectivity index (χ0) is 9.72. The summed E-state index contributed by atoms with van der Waals surface area (Å²) in [5.74, 6) is -0.117. The van der Waals surface area contributed by atoms with Crippen LogP contribution >= 0.6 is 0 Å². The van der Waals surface area contributed by atoms with Crippen LogP contribution in [0.3, 0.4) is 0 Å². The minimum atomic E-state index is -0.863. The Labute approximate surface area is 73.6 Å². The first-order valence-electron chi connectivity index (χ1n) is 4.36. The predicted molar refractivity (Wildman–Crippen MR) is 48.5 cm³/mol. The molecule has 0 bridgehead atoms. The summed E-state index contributed by atoms with van der Waals surface area (Å²) >= 11 is 0. The second-order valence-electron chi connectivity index (χ2n) is 3.22. The molecule has 0 aromatic heterocycles. The summed E-state index contributed by atoms with van der Waals surface area (Å²) in [5, 5.41) is 18.7. The number of aliphatic hydroxyl groups excluding tert-OH is 2. The van der Waals surface area contributed by atoms with Gasteiger partial charge in [0.25, 0.3) is 0 Å². The Morgan fingerprint density at radius 1 is 1.33 bits per heavy atom. The molecule has 0 amide bonds. The topological polar surface area (TPSA) is 92.5 Å². The van der Waals surface area contributed by atoms with E-state index in [9.17, 15) is 10.2 Å². The molecule has 4 atom stereocenters. The maximum Gasteiger partial charge on any atom is 0.0924 e. The van der Waals surface area contributed by atoms with Crippen molar-refractivity contribution in [3.8, 4) is 0 Å². The molecule has 0 spiro atoms. The van der Waals surface area contributed by atoms with Gasteiger partial charge in [0, 0.05) is 12.6 Å². The molecule has 0 rings (SSSR count). The van der Waals surface area contributed by atoms with E-state index in [4.69, 9.17) is 11.5 Å². The van der Waals surface area contributed by atoms with Gasteiger partial charge in [-0.25, -0.2) is 0 Å². The molecule has 0 aromatic rings. The quantitative estimate of drug-likeness (QED) is 0.434. The Bertz CT molecular complexity index is 108. The minimum absolute atomic E-state index is 0.0714. The van der Waals surface area contributed by atoms with Crippen LogP contribution in [0.15, 0.2) is 0 Å². The molecule has 0 aliphatic carbocycles. The summed E-state index contributed by atoms with van der Waals surface area (Å²) in [7, 11) is 0. The highest BCUT2D eigenvalue weighted by Crippen LogP contribution is 2.12. The Balaban J connectivity index is 3.99. The number of hydrogen-bond acceptors (Lipinski definition) is 4. The summed E-state index contributed by atoms with van der Waals surface area (Å²) in [6.07, 6.45) is -0.891. The van der Waals surface area contributed by atoms with Crippen LogP contribution < -0.4 is 11.5 Å². The van der Waals surface area contributed by atoms with Gasteiger partial charge in [0.15, 0.2) is 0 Å². The molecular formula is C8H20N2O2. The van der Waals surface area contributed by atoms with Gasteiger partial charge in [-0.2, -0.15) is 0 Å². The highest BCUT2D eigenvalue weighted by atomic mass is 16.3. The van der Waals surface area contributed by atoms with E-state index >= 15 is 0 Å². The van der Waals surface area contributed by atoms with E-state index in [-0.39, 0.29) is 18.5 Å². The molecule has 0 aliphatic rings. The third kappa shape index (κ3) is 3.06. The van der Waals surface area contributed by atoms with Crippen molar-refractivity contribution in [1.82, 2.24) is 0 Å². The summed E-state index contributed by atoms with van der Waals surface area (Å²) < 4.78 is 0. The van der Waals surface area contributed by atoms with E-state index in [0.29, 0.717) is 0 Å². The number of nitrogens with two attached hydrogens (primary N) is 2. The first-order valence-corrected chi connectivity index (χ1v) is 4.36. The molecule has 12 heavy (non-hydrogen) atoms. The Morgan fingerprint density at radius 3 is 2.17 bits per heavy atom. The normalized spacial score (nSPS) is 21.5. The van der Waals surface area contributed by atoms with E-state index in [0.717, 1.165) is 6.42 Å². The second-order valence-corrected chi connectivity index (χ2v) is 3.22. The molecule has 3 unspecified atom stereocenters. The zero-order valence-electron chi connectivity index (χ0n) is 7.77. The molecule has 0 heterocycles. The third-order valence-electron chi connectivity index (χ3n) is 2.32. The molecule has 0 saturated heterocycles. The fourth-order valence-electron chi connectivity index (χ4n) is 1.11. The first-order chi connectivity index (χ1) is 5.54. The average Bonchev–Trinajstić information content (AvgIpc) is 2.12. The van der Waals surface area contributed by atoms with Gasteiger partial charge in [-0.15, -0.1) is 0 Å². The van der Waals surface area contributed by atoms with Gasteiger partial charge in [-0.3, -0.25) is 0 Å². The van der Waals surface area contributed by atoms with Crippen LogP contribution in [0.1, 0.15) is 20.3 Å². The van der Waals surface area contributed by atoms with E-state index in [1.807, 2.05) is 13.8 Å². The summed E-state index contributed by atoms with van der Waals surface area (Å²) in [6.45, 7) is 3.84. The molecule has 0 fully saturated rings. The standard InChI is InChI=1S/C8H20N2O2/c1-3-6(10)5(2)8(12)7(11)4-9/h5-8,11-12H,3-4,9-10H2,1-2H3/t5-,6?,7?,8?/m1/s1. The molecule has 0 aromatic carbocycles. The highest BCUT2D eigenvalue weighted by molar-refractivity contribution is 4.80. The van der Waals surface area contributed by atoms with Gasteiger partial charge in [-0.1, -0.05) is 13.8 Å². The molecule has 4 heteroatoms.